The van der Waals surface area contributed by atoms with Gasteiger partial charge in [0.2, 0.25) is 5.91 Å². The van der Waals surface area contributed by atoms with Gasteiger partial charge in [-0.1, -0.05) is 60.7 Å². The molecule has 4 rings (SSSR count). The van der Waals surface area contributed by atoms with Crippen molar-refractivity contribution in [2.45, 2.75) is 64.9 Å². The first-order valence-electron chi connectivity index (χ1n) is 14.0. The van der Waals surface area contributed by atoms with Gasteiger partial charge in [0.1, 0.15) is 18.6 Å². The van der Waals surface area contributed by atoms with Crippen molar-refractivity contribution in [3.63, 3.8) is 0 Å². The number of nitrogens with zero attached hydrogens (tertiary/aromatic N) is 2. The van der Waals surface area contributed by atoms with Crippen LogP contribution >= 0.6 is 0 Å². The third kappa shape index (κ3) is 6.46. The lowest BCUT2D eigenvalue weighted by Crippen LogP contribution is -2.54. The number of fused-ring (bicyclic) bond motifs is 1. The number of hydrogen-bond acceptors (Lipinski definition) is 7. The van der Waals surface area contributed by atoms with Gasteiger partial charge >= 0.3 is 12.1 Å². The fourth-order valence-electron chi connectivity index (χ4n) is 5.57. The van der Waals surface area contributed by atoms with Gasteiger partial charge in [0.25, 0.3) is 0 Å². The molecule has 1 saturated heterocycles. The lowest BCUT2D eigenvalue weighted by molar-refractivity contribution is -0.151. The molecule has 0 saturated carbocycles. The Bertz CT molecular complexity index is 1350. The van der Waals surface area contributed by atoms with E-state index in [9.17, 15) is 14.4 Å². The minimum atomic E-state index is -1.03. The number of hydroxylamine groups is 1. The lowest BCUT2D eigenvalue weighted by atomic mass is 9.93. The van der Waals surface area contributed by atoms with Gasteiger partial charge in [-0.3, -0.25) is 14.4 Å². The van der Waals surface area contributed by atoms with Gasteiger partial charge in [0.05, 0.1) is 18.8 Å². The summed E-state index contributed by atoms with van der Waals surface area (Å²) in [5, 5.41) is 6.43. The molecule has 3 aromatic carbocycles. The summed E-state index contributed by atoms with van der Waals surface area (Å²) in [6.45, 7) is 9.33. The van der Waals surface area contributed by atoms with E-state index in [0.29, 0.717) is 5.69 Å². The summed E-state index contributed by atoms with van der Waals surface area (Å²) in [6.07, 6.45) is -1.61. The van der Waals surface area contributed by atoms with Crippen molar-refractivity contribution >= 4 is 34.4 Å². The first-order chi connectivity index (χ1) is 19.6. The van der Waals surface area contributed by atoms with Crippen molar-refractivity contribution in [2.75, 3.05) is 18.8 Å². The molecule has 4 atom stereocenters. The summed E-state index contributed by atoms with van der Waals surface area (Å²) in [5.41, 5.74) is 1.55. The highest BCUT2D eigenvalue weighted by Crippen LogP contribution is 2.35. The van der Waals surface area contributed by atoms with Crippen molar-refractivity contribution in [1.82, 2.24) is 10.2 Å². The first kappa shape index (κ1) is 29.9. The van der Waals surface area contributed by atoms with Crippen molar-refractivity contribution < 1.29 is 28.7 Å². The summed E-state index contributed by atoms with van der Waals surface area (Å²) in [7, 11) is 1.27. The molecule has 1 aliphatic heterocycles. The topological polar surface area (TPSA) is 97.4 Å². The third-order valence-electron chi connectivity index (χ3n) is 7.35. The van der Waals surface area contributed by atoms with Gasteiger partial charge in [-0.05, 0) is 63.1 Å². The van der Waals surface area contributed by atoms with E-state index in [1.807, 2.05) is 95.3 Å². The fraction of sp³-hybridized carbons (Fsp3) is 0.406. The summed E-state index contributed by atoms with van der Waals surface area (Å²) in [6, 6.07) is 21.4. The van der Waals surface area contributed by atoms with Crippen LogP contribution in [0.25, 0.3) is 10.8 Å². The molecule has 1 N–H and O–H groups in total. The van der Waals surface area contributed by atoms with E-state index >= 15 is 0 Å². The Balaban J connectivity index is 1.56. The largest absolute Gasteiger partial charge is 0.469 e. The standard InChI is InChI=1S/C32H39N3O6/c1-20(2)34(21(3)4)30(36)29-28(31(37)39-6)27(41-35(29)24-15-8-7-9-16-24)19-40-32(38)33-22(5)25-18-12-14-23-13-10-11-17-26(23)25/h7-18,20-22,27-29H,19H2,1-6H3,(H,33,38)/t22-,27+,28+,29+/m1/s1. The lowest BCUT2D eigenvalue weighted by Gasteiger charge is -2.36. The average molecular weight is 562 g/mol. The van der Waals surface area contributed by atoms with Gasteiger partial charge < -0.3 is 19.7 Å². The Labute approximate surface area is 241 Å². The summed E-state index contributed by atoms with van der Waals surface area (Å²) in [5.74, 6) is -1.92. The molecule has 0 unspecified atom stereocenters. The molecule has 1 heterocycles. The molecular formula is C32H39N3O6. The number of amides is 2. The molecular weight excluding hydrogens is 522 g/mol. The molecule has 2 amide bonds. The van der Waals surface area contributed by atoms with E-state index in [1.54, 1.807) is 17.0 Å². The van der Waals surface area contributed by atoms with Crippen LogP contribution in [0.5, 0.6) is 0 Å². The number of rotatable bonds is 9. The van der Waals surface area contributed by atoms with Crippen LogP contribution in [-0.4, -0.2) is 60.8 Å². The Morgan fingerprint density at radius 3 is 2.20 bits per heavy atom. The zero-order valence-electron chi connectivity index (χ0n) is 24.4. The van der Waals surface area contributed by atoms with Crippen LogP contribution in [0.2, 0.25) is 0 Å². The predicted molar refractivity (Wildman–Crippen MR) is 157 cm³/mol. The summed E-state index contributed by atoms with van der Waals surface area (Å²) < 4.78 is 10.7. The second kappa shape index (κ2) is 13.0. The first-order valence-corrected chi connectivity index (χ1v) is 14.0. The van der Waals surface area contributed by atoms with Crippen LogP contribution in [0.15, 0.2) is 72.8 Å². The van der Waals surface area contributed by atoms with Gasteiger partial charge in [0.15, 0.2) is 6.04 Å². The van der Waals surface area contributed by atoms with Crippen LogP contribution < -0.4 is 10.4 Å². The predicted octanol–water partition coefficient (Wildman–Crippen LogP) is 5.25. The van der Waals surface area contributed by atoms with Gasteiger partial charge in [-0.25, -0.2) is 9.86 Å². The molecule has 218 valence electrons. The maximum absolute atomic E-state index is 14.0. The molecule has 0 bridgehead atoms. The molecule has 1 aliphatic rings. The fourth-order valence-corrected chi connectivity index (χ4v) is 5.57. The quantitative estimate of drug-likeness (QED) is 0.357. The highest BCUT2D eigenvalue weighted by Gasteiger charge is 2.54. The number of anilines is 1. The number of carbonyl (C=O) groups excluding carboxylic acids is 3. The van der Waals surface area contributed by atoms with E-state index in [1.165, 1.54) is 12.2 Å². The Hall–Kier alpha value is -4.11. The van der Waals surface area contributed by atoms with Crippen LogP contribution in [0.3, 0.4) is 0 Å². The minimum absolute atomic E-state index is 0.116. The highest BCUT2D eigenvalue weighted by molar-refractivity contribution is 5.92. The molecule has 41 heavy (non-hydrogen) atoms. The normalized spacial score (nSPS) is 19.3. The van der Waals surface area contributed by atoms with Crippen molar-refractivity contribution in [3.05, 3.63) is 78.4 Å². The Kier molecular flexibility index (Phi) is 9.50. The van der Waals surface area contributed by atoms with Gasteiger partial charge in [-0.2, -0.15) is 0 Å². The van der Waals surface area contributed by atoms with Crippen molar-refractivity contribution in [2.24, 2.45) is 5.92 Å². The number of carbonyl (C=O) groups is 3. The second-order valence-corrected chi connectivity index (χ2v) is 10.8. The number of ether oxygens (including phenoxy) is 2. The Morgan fingerprint density at radius 1 is 0.902 bits per heavy atom. The van der Waals surface area contributed by atoms with E-state index < -0.39 is 30.1 Å². The molecule has 0 spiro atoms. The average Bonchev–Trinajstić information content (AvgIpc) is 3.35. The maximum atomic E-state index is 14.0. The monoisotopic (exact) mass is 561 g/mol. The number of benzene rings is 3. The van der Waals surface area contributed by atoms with E-state index in [-0.39, 0.29) is 30.6 Å². The third-order valence-corrected chi connectivity index (χ3v) is 7.35. The summed E-state index contributed by atoms with van der Waals surface area (Å²) in [4.78, 5) is 48.0. The van der Waals surface area contributed by atoms with E-state index in [2.05, 4.69) is 5.32 Å². The molecule has 3 aromatic rings. The van der Waals surface area contributed by atoms with Gasteiger partial charge in [0, 0.05) is 12.1 Å². The summed E-state index contributed by atoms with van der Waals surface area (Å²) >= 11 is 0. The van der Waals surface area contributed by atoms with E-state index in [4.69, 9.17) is 14.3 Å². The highest BCUT2D eigenvalue weighted by atomic mass is 16.7. The molecule has 0 aromatic heterocycles. The molecule has 9 nitrogen and oxygen atoms in total. The molecule has 0 aliphatic carbocycles. The maximum Gasteiger partial charge on any atom is 0.407 e. The van der Waals surface area contributed by atoms with Crippen LogP contribution in [-0.2, 0) is 23.9 Å². The van der Waals surface area contributed by atoms with Crippen molar-refractivity contribution in [3.8, 4) is 0 Å². The number of alkyl carbamates (subject to hydrolysis) is 1. The number of esters is 1. The van der Waals surface area contributed by atoms with Crippen LogP contribution in [0, 0.1) is 5.92 Å². The molecule has 0 radical (unpaired) electrons. The van der Waals surface area contributed by atoms with Gasteiger partial charge in [-0.15, -0.1) is 0 Å². The van der Waals surface area contributed by atoms with Crippen LogP contribution in [0.1, 0.15) is 46.2 Å². The minimum Gasteiger partial charge on any atom is -0.469 e. The Morgan fingerprint density at radius 2 is 1.54 bits per heavy atom. The smallest absolute Gasteiger partial charge is 0.407 e. The SMILES string of the molecule is COC(=O)[C@H]1[C@H](COC(=O)N[C@H](C)c2cccc3ccccc23)ON(c2ccccc2)[C@@H]1C(=O)N(C(C)C)C(C)C. The second-order valence-electron chi connectivity index (χ2n) is 10.8. The number of nitrogens with one attached hydrogen (secondary N) is 1. The van der Waals surface area contributed by atoms with E-state index in [0.717, 1.165) is 16.3 Å². The zero-order chi connectivity index (χ0) is 29.7. The molecule has 1 fully saturated rings. The number of para-hydroxylation sites is 1. The number of methoxy groups -OCH3 is 1. The van der Waals surface area contributed by atoms with Crippen LogP contribution in [0.4, 0.5) is 10.5 Å². The zero-order valence-corrected chi connectivity index (χ0v) is 24.4. The molecule has 9 heteroatoms. The number of hydrogen-bond donors (Lipinski definition) is 1. The van der Waals surface area contributed by atoms with Crippen molar-refractivity contribution in [1.29, 1.82) is 0 Å².